The van der Waals surface area contributed by atoms with Crippen LogP contribution >= 0.6 is 0 Å². The molecule has 0 bridgehead atoms. The molecule has 0 aliphatic carbocycles. The van der Waals surface area contributed by atoms with Crippen LogP contribution in [0.4, 0.5) is 4.79 Å². The van der Waals surface area contributed by atoms with Gasteiger partial charge < -0.3 is 25.0 Å². The predicted octanol–water partition coefficient (Wildman–Crippen LogP) is 0.943. The maximum Gasteiger partial charge on any atom is 0.412 e. The molecule has 3 N–H and O–H groups in total. The third kappa shape index (κ3) is 5.64. The van der Waals surface area contributed by atoms with Crippen LogP contribution in [0, 0.1) is 11.3 Å². The van der Waals surface area contributed by atoms with Crippen molar-refractivity contribution in [1.82, 2.24) is 4.90 Å². The quantitative estimate of drug-likeness (QED) is 0.670. The molecule has 0 aromatic carbocycles. The fourth-order valence-corrected chi connectivity index (χ4v) is 2.28. The number of piperidine rings is 1. The summed E-state index contributed by atoms with van der Waals surface area (Å²) in [6.45, 7) is 6.95. The van der Waals surface area contributed by atoms with E-state index in [4.69, 9.17) is 9.84 Å². The van der Waals surface area contributed by atoms with Crippen molar-refractivity contribution in [3.05, 3.63) is 0 Å². The van der Waals surface area contributed by atoms with Crippen molar-refractivity contribution in [2.75, 3.05) is 19.7 Å². The number of rotatable bonds is 4. The van der Waals surface area contributed by atoms with Gasteiger partial charge in [-0.2, -0.15) is 0 Å². The summed E-state index contributed by atoms with van der Waals surface area (Å²) >= 11 is 0. The van der Waals surface area contributed by atoms with Crippen LogP contribution in [0.3, 0.4) is 0 Å². The van der Waals surface area contributed by atoms with Gasteiger partial charge in [-0.05, 0) is 30.6 Å². The molecule has 0 saturated carbocycles. The molecule has 6 nitrogen and oxygen atoms in total. The average molecular weight is 289 g/mol. The van der Waals surface area contributed by atoms with Gasteiger partial charge in [0.15, 0.2) is 0 Å². The Hall–Kier alpha value is -0.850. The van der Waals surface area contributed by atoms with Crippen LogP contribution in [-0.4, -0.2) is 58.4 Å². The number of aliphatic hydroxyl groups is 3. The van der Waals surface area contributed by atoms with Gasteiger partial charge in [-0.25, -0.2) is 4.79 Å². The number of aliphatic hydroxyl groups excluding tert-OH is 3. The van der Waals surface area contributed by atoms with E-state index in [0.29, 0.717) is 19.5 Å². The predicted molar refractivity (Wildman–Crippen MR) is 73.9 cm³/mol. The van der Waals surface area contributed by atoms with Crippen molar-refractivity contribution in [3.63, 3.8) is 0 Å². The molecule has 1 aliphatic rings. The van der Waals surface area contributed by atoms with E-state index in [9.17, 15) is 15.0 Å². The minimum Gasteiger partial charge on any atom is -0.417 e. The molecule has 1 aliphatic heterocycles. The Morgan fingerprint density at radius 3 is 2.30 bits per heavy atom. The van der Waals surface area contributed by atoms with Gasteiger partial charge in [0.1, 0.15) is 6.10 Å². The van der Waals surface area contributed by atoms with Crippen molar-refractivity contribution in [2.24, 2.45) is 11.3 Å². The zero-order chi connectivity index (χ0) is 15.3. The first-order valence-electron chi connectivity index (χ1n) is 7.15. The average Bonchev–Trinajstić information content (AvgIpc) is 2.36. The molecule has 1 rings (SSSR count). The van der Waals surface area contributed by atoms with Gasteiger partial charge >= 0.3 is 6.09 Å². The lowest BCUT2D eigenvalue weighted by Gasteiger charge is -2.32. The minimum absolute atomic E-state index is 0.135. The molecule has 0 radical (unpaired) electrons. The lowest BCUT2D eigenvalue weighted by atomic mass is 9.89. The number of hydrogen-bond donors (Lipinski definition) is 3. The molecule has 1 saturated heterocycles. The fraction of sp³-hybridized carbons (Fsp3) is 0.929. The largest absolute Gasteiger partial charge is 0.417 e. The second kappa shape index (κ2) is 7.24. The zero-order valence-electron chi connectivity index (χ0n) is 12.6. The van der Waals surface area contributed by atoms with Crippen LogP contribution in [0.2, 0.25) is 0 Å². The first kappa shape index (κ1) is 17.2. The Labute approximate surface area is 120 Å². The Bertz CT molecular complexity index is 307. The number of hydrogen-bond acceptors (Lipinski definition) is 5. The number of carbonyl (C=O) groups excluding carboxylic acids is 1. The van der Waals surface area contributed by atoms with E-state index in [1.807, 2.05) is 20.8 Å². The van der Waals surface area contributed by atoms with Crippen molar-refractivity contribution in [1.29, 1.82) is 0 Å². The van der Waals surface area contributed by atoms with Crippen molar-refractivity contribution < 1.29 is 24.9 Å². The van der Waals surface area contributed by atoms with Gasteiger partial charge in [-0.1, -0.05) is 20.8 Å². The number of amides is 1. The van der Waals surface area contributed by atoms with E-state index in [2.05, 4.69) is 0 Å². The second-order valence-corrected chi connectivity index (χ2v) is 6.72. The zero-order valence-corrected chi connectivity index (χ0v) is 12.6. The molecular formula is C14H27NO5. The summed E-state index contributed by atoms with van der Waals surface area (Å²) in [4.78, 5) is 13.3. The summed E-state index contributed by atoms with van der Waals surface area (Å²) < 4.78 is 4.90. The third-order valence-electron chi connectivity index (χ3n) is 3.50. The maximum atomic E-state index is 11.8. The Morgan fingerprint density at radius 2 is 1.85 bits per heavy atom. The van der Waals surface area contributed by atoms with Gasteiger partial charge in [-0.3, -0.25) is 0 Å². The summed E-state index contributed by atoms with van der Waals surface area (Å²) in [5, 5.41) is 28.6. The van der Waals surface area contributed by atoms with Gasteiger partial charge in [-0.15, -0.1) is 0 Å². The van der Waals surface area contributed by atoms with Crippen LogP contribution < -0.4 is 0 Å². The normalized spacial score (nSPS) is 20.6. The van der Waals surface area contributed by atoms with Crippen LogP contribution in [0.25, 0.3) is 0 Å². The molecule has 6 heteroatoms. The molecule has 1 amide bonds. The molecule has 0 aromatic rings. The third-order valence-corrected chi connectivity index (χ3v) is 3.50. The Kier molecular flexibility index (Phi) is 6.23. The first-order chi connectivity index (χ1) is 9.23. The van der Waals surface area contributed by atoms with E-state index in [1.165, 1.54) is 4.90 Å². The molecule has 0 spiro atoms. The highest BCUT2D eigenvalue weighted by molar-refractivity contribution is 5.67. The van der Waals surface area contributed by atoms with Crippen LogP contribution in [0.1, 0.15) is 40.0 Å². The van der Waals surface area contributed by atoms with E-state index in [1.54, 1.807) is 0 Å². The van der Waals surface area contributed by atoms with Gasteiger partial charge in [0.05, 0.1) is 0 Å². The lowest BCUT2D eigenvalue weighted by Crippen LogP contribution is -2.43. The summed E-state index contributed by atoms with van der Waals surface area (Å²) in [6.07, 6.45) is -1.40. The number of likely N-dealkylation sites (tertiary alicyclic amines) is 1. The van der Waals surface area contributed by atoms with Crippen LogP contribution in [-0.2, 0) is 4.74 Å². The second-order valence-electron chi connectivity index (χ2n) is 6.72. The van der Waals surface area contributed by atoms with E-state index in [0.717, 1.165) is 12.8 Å². The molecule has 118 valence electrons. The lowest BCUT2D eigenvalue weighted by molar-refractivity contribution is -0.141. The molecule has 1 heterocycles. The standard InChI is InChI=1S/C14H27NO5/c1-14(2,3)8-11(17)12(18)20-13(19)15-6-4-10(9-16)5-7-15/h10-12,16-18H,4-9H2,1-3H3/t11-,12?/m1/s1. The summed E-state index contributed by atoms with van der Waals surface area (Å²) in [7, 11) is 0. The highest BCUT2D eigenvalue weighted by atomic mass is 16.7. The number of nitrogens with zero attached hydrogens (tertiary/aromatic N) is 1. The van der Waals surface area contributed by atoms with E-state index in [-0.39, 0.29) is 17.9 Å². The van der Waals surface area contributed by atoms with Gasteiger partial charge in [0.25, 0.3) is 0 Å². The number of ether oxygens (including phenoxy) is 1. The first-order valence-corrected chi connectivity index (χ1v) is 7.15. The monoisotopic (exact) mass is 289 g/mol. The molecular weight excluding hydrogens is 262 g/mol. The SMILES string of the molecule is CC(C)(C)C[C@@H](O)C(O)OC(=O)N1CCC(CO)CC1. The molecule has 1 fully saturated rings. The Morgan fingerprint density at radius 1 is 1.30 bits per heavy atom. The van der Waals surface area contributed by atoms with Crippen LogP contribution in [0.15, 0.2) is 0 Å². The van der Waals surface area contributed by atoms with Crippen molar-refractivity contribution in [3.8, 4) is 0 Å². The topological polar surface area (TPSA) is 90.2 Å². The molecule has 1 unspecified atom stereocenters. The van der Waals surface area contributed by atoms with Gasteiger partial charge in [0, 0.05) is 19.7 Å². The maximum absolute atomic E-state index is 11.8. The summed E-state index contributed by atoms with van der Waals surface area (Å²) in [5.74, 6) is 0.232. The highest BCUT2D eigenvalue weighted by Gasteiger charge is 2.29. The van der Waals surface area contributed by atoms with Gasteiger partial charge in [0.2, 0.25) is 6.29 Å². The van der Waals surface area contributed by atoms with E-state index < -0.39 is 18.5 Å². The minimum atomic E-state index is -1.50. The molecule has 2 atom stereocenters. The molecule has 20 heavy (non-hydrogen) atoms. The van der Waals surface area contributed by atoms with Crippen molar-refractivity contribution in [2.45, 2.75) is 52.4 Å². The highest BCUT2D eigenvalue weighted by Crippen LogP contribution is 2.23. The van der Waals surface area contributed by atoms with E-state index >= 15 is 0 Å². The van der Waals surface area contributed by atoms with Crippen molar-refractivity contribution >= 4 is 6.09 Å². The Balaban J connectivity index is 2.38. The fourth-order valence-electron chi connectivity index (χ4n) is 2.28. The number of carbonyl (C=O) groups is 1. The molecule has 0 aromatic heterocycles. The summed E-state index contributed by atoms with van der Waals surface area (Å²) in [6, 6.07) is 0. The smallest absolute Gasteiger partial charge is 0.412 e. The van der Waals surface area contributed by atoms with Crippen LogP contribution in [0.5, 0.6) is 0 Å². The summed E-state index contributed by atoms with van der Waals surface area (Å²) in [5.41, 5.74) is -0.160.